The molecule has 5 heteroatoms. The van der Waals surface area contributed by atoms with Crippen molar-refractivity contribution in [2.75, 3.05) is 13.2 Å². The number of rotatable bonds is 41. The van der Waals surface area contributed by atoms with Crippen molar-refractivity contribution < 1.29 is 24.2 Å². The van der Waals surface area contributed by atoms with Gasteiger partial charge in [-0.2, -0.15) is 0 Å². The summed E-state index contributed by atoms with van der Waals surface area (Å²) in [6.45, 7) is 3.96. The van der Waals surface area contributed by atoms with Crippen molar-refractivity contribution in [3.05, 3.63) is 109 Å². The summed E-state index contributed by atoms with van der Waals surface area (Å²) in [5.74, 6) is -0.672. The highest BCUT2D eigenvalue weighted by molar-refractivity contribution is 5.70. The Morgan fingerprint density at radius 1 is 0.414 bits per heavy atom. The van der Waals surface area contributed by atoms with E-state index in [9.17, 15) is 14.7 Å². The highest BCUT2D eigenvalue weighted by Gasteiger charge is 2.16. The molecule has 0 bridgehead atoms. The van der Waals surface area contributed by atoms with Gasteiger partial charge in [-0.1, -0.05) is 194 Å². The van der Waals surface area contributed by atoms with E-state index in [4.69, 9.17) is 9.47 Å². The first kappa shape index (κ1) is 54.6. The van der Waals surface area contributed by atoms with Gasteiger partial charge in [0.05, 0.1) is 6.61 Å². The van der Waals surface area contributed by atoms with Crippen LogP contribution in [0, 0.1) is 0 Å². The molecule has 0 aromatic carbocycles. The first-order valence-electron chi connectivity index (χ1n) is 23.4. The van der Waals surface area contributed by atoms with Gasteiger partial charge in [-0.15, -0.1) is 0 Å². The maximum absolute atomic E-state index is 12.2. The second kappa shape index (κ2) is 47.9. The van der Waals surface area contributed by atoms with Gasteiger partial charge >= 0.3 is 11.9 Å². The molecule has 0 aromatic rings. The monoisotopic (exact) mass is 803 g/mol. The molecule has 0 fully saturated rings. The van der Waals surface area contributed by atoms with Crippen molar-refractivity contribution in [2.45, 2.75) is 200 Å². The fourth-order valence-corrected chi connectivity index (χ4v) is 6.04. The third-order valence-electron chi connectivity index (χ3n) is 9.55. The van der Waals surface area contributed by atoms with Crippen molar-refractivity contribution in [2.24, 2.45) is 0 Å². The largest absolute Gasteiger partial charge is 0.462 e. The highest BCUT2D eigenvalue weighted by atomic mass is 16.6. The van der Waals surface area contributed by atoms with Gasteiger partial charge in [0, 0.05) is 12.8 Å². The van der Waals surface area contributed by atoms with Crippen LogP contribution in [0.1, 0.15) is 194 Å². The number of carbonyl (C=O) groups is 2. The minimum atomic E-state index is -0.812. The number of aliphatic hydroxyl groups is 1. The van der Waals surface area contributed by atoms with Crippen LogP contribution in [0.4, 0.5) is 0 Å². The number of allylic oxidation sites excluding steroid dienone is 18. The van der Waals surface area contributed by atoms with E-state index in [1.54, 1.807) is 0 Å². The van der Waals surface area contributed by atoms with Crippen LogP contribution in [-0.2, 0) is 19.1 Å². The van der Waals surface area contributed by atoms with Gasteiger partial charge in [0.1, 0.15) is 6.61 Å². The van der Waals surface area contributed by atoms with Crippen LogP contribution in [-0.4, -0.2) is 36.4 Å². The Kier molecular flexibility index (Phi) is 45.1. The second-order valence-corrected chi connectivity index (χ2v) is 15.1. The van der Waals surface area contributed by atoms with Crippen LogP contribution < -0.4 is 0 Å². The maximum Gasteiger partial charge on any atom is 0.306 e. The molecule has 1 unspecified atom stereocenters. The van der Waals surface area contributed by atoms with Gasteiger partial charge in [-0.05, 0) is 96.3 Å². The van der Waals surface area contributed by atoms with Crippen molar-refractivity contribution >= 4 is 11.9 Å². The van der Waals surface area contributed by atoms with Gasteiger partial charge in [0.25, 0.3) is 0 Å². The smallest absolute Gasteiger partial charge is 0.306 e. The minimum Gasteiger partial charge on any atom is -0.462 e. The van der Waals surface area contributed by atoms with Gasteiger partial charge < -0.3 is 14.6 Å². The van der Waals surface area contributed by atoms with E-state index in [2.05, 4.69) is 123 Å². The SMILES string of the molecule is CC/C=C\C/C=C\C/C=C\C/C=C\C/C=C\C/C=C\C/C=C\CCCC(=O)OC(CO)COC(=O)CCCCCCCCCCC/C=C\C/C=C\CCCCCCC. The Hall–Kier alpha value is -3.44. The predicted octanol–water partition coefficient (Wildman–Crippen LogP) is 15.4. The lowest BCUT2D eigenvalue weighted by atomic mass is 10.1. The zero-order valence-electron chi connectivity index (χ0n) is 37.3. The molecule has 0 aromatic heterocycles. The topological polar surface area (TPSA) is 72.8 Å². The van der Waals surface area contributed by atoms with E-state index in [1.165, 1.54) is 83.5 Å². The summed E-state index contributed by atoms with van der Waals surface area (Å²) in [6, 6.07) is 0. The molecule has 0 aliphatic rings. The minimum absolute atomic E-state index is 0.0982. The fraction of sp³-hybridized carbons (Fsp3) is 0.623. The zero-order valence-corrected chi connectivity index (χ0v) is 37.3. The standard InChI is InChI=1S/C53H86O5/c1-3-5-7-9-11-13-15-17-19-21-23-25-26-28-30-32-34-36-38-40-42-44-46-48-53(56)58-51(49-54)50-57-52(55)47-45-43-41-39-37-35-33-31-29-27-24-22-20-18-16-14-12-10-8-6-4-2/h5,7,11,13,16-19,22-25,28,30,34,36,40,42,51,54H,3-4,6,8-10,12,14-15,20-21,26-27,29,31-33,35,37-39,41,43-50H2,1-2H3/b7-5-,13-11-,18-16-,19-17-,24-22-,25-23-,30-28-,36-34-,42-40-. The van der Waals surface area contributed by atoms with Gasteiger partial charge in [-0.3, -0.25) is 9.59 Å². The molecular formula is C53H86O5. The predicted molar refractivity (Wildman–Crippen MR) is 251 cm³/mol. The lowest BCUT2D eigenvalue weighted by molar-refractivity contribution is -0.161. The zero-order chi connectivity index (χ0) is 42.1. The van der Waals surface area contributed by atoms with Crippen LogP contribution in [0.5, 0.6) is 0 Å². The number of hydrogen-bond donors (Lipinski definition) is 1. The number of unbranched alkanes of at least 4 members (excludes halogenated alkanes) is 15. The van der Waals surface area contributed by atoms with E-state index >= 15 is 0 Å². The third-order valence-corrected chi connectivity index (χ3v) is 9.55. The molecule has 5 nitrogen and oxygen atoms in total. The Morgan fingerprint density at radius 3 is 1.17 bits per heavy atom. The molecule has 0 saturated carbocycles. The molecule has 0 amide bonds. The molecular weight excluding hydrogens is 717 g/mol. The molecule has 1 atom stereocenters. The van der Waals surface area contributed by atoms with E-state index < -0.39 is 6.10 Å². The number of hydrogen-bond acceptors (Lipinski definition) is 5. The molecule has 58 heavy (non-hydrogen) atoms. The Balaban J connectivity index is 3.68. The number of esters is 2. The molecule has 0 aliphatic carbocycles. The first-order chi connectivity index (χ1) is 28.6. The van der Waals surface area contributed by atoms with Crippen molar-refractivity contribution in [1.29, 1.82) is 0 Å². The lowest BCUT2D eigenvalue weighted by Gasteiger charge is -2.15. The summed E-state index contributed by atoms with van der Waals surface area (Å²) < 4.78 is 10.6. The Labute approximate surface area is 357 Å². The van der Waals surface area contributed by atoms with Crippen molar-refractivity contribution in [1.82, 2.24) is 0 Å². The normalized spacial score (nSPS) is 13.2. The maximum atomic E-state index is 12.2. The number of carbonyl (C=O) groups excluding carboxylic acids is 2. The molecule has 328 valence electrons. The van der Waals surface area contributed by atoms with Crippen LogP contribution in [0.3, 0.4) is 0 Å². The average molecular weight is 803 g/mol. The van der Waals surface area contributed by atoms with Crippen LogP contribution in [0.2, 0.25) is 0 Å². The van der Waals surface area contributed by atoms with Crippen LogP contribution in [0.25, 0.3) is 0 Å². The molecule has 0 rings (SSSR count). The molecule has 0 spiro atoms. The summed E-state index contributed by atoms with van der Waals surface area (Å²) in [7, 11) is 0. The summed E-state index contributed by atoms with van der Waals surface area (Å²) in [5, 5.41) is 9.60. The van der Waals surface area contributed by atoms with Crippen LogP contribution >= 0.6 is 0 Å². The number of aliphatic hydroxyl groups excluding tert-OH is 1. The summed E-state index contributed by atoms with van der Waals surface area (Å²) in [5.41, 5.74) is 0. The molecule has 0 radical (unpaired) electrons. The highest BCUT2D eigenvalue weighted by Crippen LogP contribution is 2.13. The van der Waals surface area contributed by atoms with E-state index in [-0.39, 0.29) is 31.6 Å². The van der Waals surface area contributed by atoms with E-state index in [1.807, 2.05) is 0 Å². The van der Waals surface area contributed by atoms with E-state index in [0.717, 1.165) is 77.0 Å². The Bertz CT molecular complexity index is 1180. The summed E-state index contributed by atoms with van der Waals surface area (Å²) in [6.07, 6.45) is 68.8. The van der Waals surface area contributed by atoms with Crippen molar-refractivity contribution in [3.8, 4) is 0 Å². The molecule has 0 saturated heterocycles. The molecule has 0 aliphatic heterocycles. The van der Waals surface area contributed by atoms with E-state index in [0.29, 0.717) is 12.8 Å². The quantitative estimate of drug-likeness (QED) is 0.0379. The second-order valence-electron chi connectivity index (χ2n) is 15.1. The van der Waals surface area contributed by atoms with Gasteiger partial charge in [-0.25, -0.2) is 0 Å². The summed E-state index contributed by atoms with van der Waals surface area (Å²) >= 11 is 0. The third kappa shape index (κ3) is 45.3. The van der Waals surface area contributed by atoms with Gasteiger partial charge in [0.2, 0.25) is 0 Å². The average Bonchev–Trinajstić information content (AvgIpc) is 3.23. The van der Waals surface area contributed by atoms with Crippen molar-refractivity contribution in [3.63, 3.8) is 0 Å². The van der Waals surface area contributed by atoms with Crippen LogP contribution in [0.15, 0.2) is 109 Å². The molecule has 0 heterocycles. The first-order valence-corrected chi connectivity index (χ1v) is 23.4. The fourth-order valence-electron chi connectivity index (χ4n) is 6.04. The lowest BCUT2D eigenvalue weighted by Crippen LogP contribution is -2.28. The van der Waals surface area contributed by atoms with Gasteiger partial charge in [0.15, 0.2) is 6.10 Å². The molecule has 1 N–H and O–H groups in total. The number of ether oxygens (including phenoxy) is 2. The Morgan fingerprint density at radius 2 is 0.759 bits per heavy atom. The summed E-state index contributed by atoms with van der Waals surface area (Å²) in [4.78, 5) is 24.4.